The highest BCUT2D eigenvalue weighted by Crippen LogP contribution is 2.30. The molecule has 0 unspecified atom stereocenters. The van der Waals surface area contributed by atoms with Crippen LogP contribution >= 0.6 is 15.9 Å². The summed E-state index contributed by atoms with van der Waals surface area (Å²) in [7, 11) is 1.79. The predicted octanol–water partition coefficient (Wildman–Crippen LogP) is 1.84. The molecule has 1 heterocycles. The van der Waals surface area contributed by atoms with E-state index in [9.17, 15) is 4.79 Å². The van der Waals surface area contributed by atoms with Crippen LogP contribution in [0.3, 0.4) is 0 Å². The van der Waals surface area contributed by atoms with Crippen LogP contribution in [0.1, 0.15) is 0 Å². The molecule has 0 radical (unpaired) electrons. The summed E-state index contributed by atoms with van der Waals surface area (Å²) in [6.45, 7) is 0.380. The molecule has 0 spiro atoms. The van der Waals surface area contributed by atoms with Crippen molar-refractivity contribution < 1.29 is 4.79 Å². The number of nitrogens with zero attached hydrogens (tertiary/aromatic N) is 1. The van der Waals surface area contributed by atoms with Crippen molar-refractivity contribution >= 4 is 33.2 Å². The maximum atomic E-state index is 11.3. The molecule has 3 nitrogen and oxygen atoms in total. The Kier molecular flexibility index (Phi) is 2.00. The summed E-state index contributed by atoms with van der Waals surface area (Å²) in [5, 5.41) is 3.06. The van der Waals surface area contributed by atoms with Crippen molar-refractivity contribution in [1.29, 1.82) is 0 Å². The molecule has 1 aliphatic heterocycles. The van der Waals surface area contributed by atoms with Gasteiger partial charge < -0.3 is 10.2 Å². The smallest absolute Gasteiger partial charge is 0.246 e. The van der Waals surface area contributed by atoms with E-state index in [1.165, 1.54) is 0 Å². The van der Waals surface area contributed by atoms with Crippen LogP contribution in [0.15, 0.2) is 22.7 Å². The van der Waals surface area contributed by atoms with Crippen LogP contribution in [0.4, 0.5) is 11.4 Å². The first-order valence-electron chi connectivity index (χ1n) is 3.98. The highest BCUT2D eigenvalue weighted by atomic mass is 79.9. The third-order valence-electron chi connectivity index (χ3n) is 2.13. The summed E-state index contributed by atoms with van der Waals surface area (Å²) < 4.78 is 0.981. The first-order chi connectivity index (χ1) is 6.18. The highest BCUT2D eigenvalue weighted by molar-refractivity contribution is 9.10. The van der Waals surface area contributed by atoms with Gasteiger partial charge in [-0.05, 0) is 18.2 Å². The van der Waals surface area contributed by atoms with E-state index in [0.29, 0.717) is 6.54 Å². The summed E-state index contributed by atoms with van der Waals surface area (Å²) >= 11 is 3.37. The van der Waals surface area contributed by atoms with Gasteiger partial charge in [0.15, 0.2) is 0 Å². The van der Waals surface area contributed by atoms with Gasteiger partial charge in [-0.3, -0.25) is 4.79 Å². The number of halogens is 1. The van der Waals surface area contributed by atoms with Gasteiger partial charge in [0.1, 0.15) is 0 Å². The molecule has 0 aromatic heterocycles. The van der Waals surface area contributed by atoms with Gasteiger partial charge >= 0.3 is 0 Å². The topological polar surface area (TPSA) is 32.3 Å². The lowest BCUT2D eigenvalue weighted by atomic mass is 10.2. The van der Waals surface area contributed by atoms with E-state index in [-0.39, 0.29) is 5.91 Å². The van der Waals surface area contributed by atoms with Crippen molar-refractivity contribution in [1.82, 2.24) is 0 Å². The lowest BCUT2D eigenvalue weighted by molar-refractivity contribution is -0.116. The second-order valence-corrected chi connectivity index (χ2v) is 3.88. The van der Waals surface area contributed by atoms with E-state index < -0.39 is 0 Å². The molecule has 68 valence electrons. The fourth-order valence-corrected chi connectivity index (χ4v) is 1.70. The molecule has 0 aliphatic carbocycles. The van der Waals surface area contributed by atoms with Gasteiger partial charge in [-0.2, -0.15) is 0 Å². The molecule has 1 amide bonds. The molecule has 0 saturated carbocycles. The minimum Gasteiger partial charge on any atom is -0.374 e. The Morgan fingerprint density at radius 2 is 2.31 bits per heavy atom. The molecule has 4 heteroatoms. The first kappa shape index (κ1) is 8.56. The van der Waals surface area contributed by atoms with Gasteiger partial charge in [0.2, 0.25) is 5.91 Å². The summed E-state index contributed by atoms with van der Waals surface area (Å²) in [4.78, 5) is 13.0. The van der Waals surface area contributed by atoms with Gasteiger partial charge in [0, 0.05) is 11.5 Å². The second kappa shape index (κ2) is 3.03. The number of benzene rings is 1. The maximum absolute atomic E-state index is 11.3. The Hall–Kier alpha value is -1.03. The Balaban J connectivity index is 2.51. The number of carbonyl (C=O) groups excluding carboxylic acids is 1. The molecule has 13 heavy (non-hydrogen) atoms. The number of nitrogens with one attached hydrogen (secondary N) is 1. The lowest BCUT2D eigenvalue weighted by Crippen LogP contribution is -2.36. The number of amides is 1. The van der Waals surface area contributed by atoms with Gasteiger partial charge in [-0.25, -0.2) is 0 Å². The van der Waals surface area contributed by atoms with Crippen LogP contribution in [0.2, 0.25) is 0 Å². The summed E-state index contributed by atoms with van der Waals surface area (Å²) in [6, 6.07) is 5.84. The third-order valence-corrected chi connectivity index (χ3v) is 2.62. The Morgan fingerprint density at radius 1 is 1.54 bits per heavy atom. The van der Waals surface area contributed by atoms with E-state index in [2.05, 4.69) is 21.2 Å². The molecule has 1 N–H and O–H groups in total. The Bertz CT molecular complexity index is 365. The SMILES string of the molecule is CN1C(=O)CNc2ccc(Br)cc21. The van der Waals surface area contributed by atoms with Gasteiger partial charge in [0.05, 0.1) is 17.9 Å². The third kappa shape index (κ3) is 1.42. The fourth-order valence-electron chi connectivity index (χ4n) is 1.36. The first-order valence-corrected chi connectivity index (χ1v) is 4.78. The Morgan fingerprint density at radius 3 is 3.08 bits per heavy atom. The van der Waals surface area contributed by atoms with Crippen LogP contribution in [0, 0.1) is 0 Å². The summed E-state index contributed by atoms with van der Waals surface area (Å²) in [5.41, 5.74) is 1.93. The number of carbonyl (C=O) groups is 1. The van der Waals surface area contributed by atoms with Crippen molar-refractivity contribution in [3.05, 3.63) is 22.7 Å². The largest absolute Gasteiger partial charge is 0.374 e. The number of fused-ring (bicyclic) bond motifs is 1. The second-order valence-electron chi connectivity index (χ2n) is 2.97. The monoisotopic (exact) mass is 240 g/mol. The van der Waals surface area contributed by atoms with Gasteiger partial charge in [0.25, 0.3) is 0 Å². The zero-order valence-electron chi connectivity index (χ0n) is 7.17. The molecule has 0 atom stereocenters. The van der Waals surface area contributed by atoms with Crippen molar-refractivity contribution in [3.8, 4) is 0 Å². The van der Waals surface area contributed by atoms with Crippen LogP contribution in [-0.4, -0.2) is 19.5 Å². The minimum atomic E-state index is 0.0885. The van der Waals surface area contributed by atoms with E-state index >= 15 is 0 Å². The molecular formula is C9H9BrN2O. The molecule has 1 aromatic rings. The van der Waals surface area contributed by atoms with Crippen molar-refractivity contribution in [2.75, 3.05) is 23.8 Å². The molecular weight excluding hydrogens is 232 g/mol. The number of hydrogen-bond donors (Lipinski definition) is 1. The average molecular weight is 241 g/mol. The summed E-state index contributed by atoms with van der Waals surface area (Å²) in [5.74, 6) is 0.0885. The maximum Gasteiger partial charge on any atom is 0.246 e. The van der Waals surface area contributed by atoms with Gasteiger partial charge in [-0.15, -0.1) is 0 Å². The quantitative estimate of drug-likeness (QED) is 0.751. The van der Waals surface area contributed by atoms with Crippen molar-refractivity contribution in [2.24, 2.45) is 0 Å². The van der Waals surface area contributed by atoms with E-state index in [4.69, 9.17) is 0 Å². The number of likely N-dealkylation sites (N-methyl/N-ethyl adjacent to an activating group) is 1. The highest BCUT2D eigenvalue weighted by Gasteiger charge is 2.19. The number of anilines is 2. The standard InChI is InChI=1S/C9H9BrN2O/c1-12-8-4-6(10)2-3-7(8)11-5-9(12)13/h2-4,11H,5H2,1H3. The fraction of sp³-hybridized carbons (Fsp3) is 0.222. The molecule has 1 aromatic carbocycles. The molecule has 0 fully saturated rings. The van der Waals surface area contributed by atoms with E-state index in [1.807, 2.05) is 18.2 Å². The molecule has 1 aliphatic rings. The summed E-state index contributed by atoms with van der Waals surface area (Å²) in [6.07, 6.45) is 0. The van der Waals surface area contributed by atoms with E-state index in [0.717, 1.165) is 15.8 Å². The normalized spacial score (nSPS) is 15.2. The van der Waals surface area contributed by atoms with Crippen molar-refractivity contribution in [3.63, 3.8) is 0 Å². The van der Waals surface area contributed by atoms with E-state index in [1.54, 1.807) is 11.9 Å². The lowest BCUT2D eigenvalue weighted by Gasteiger charge is -2.26. The van der Waals surface area contributed by atoms with Crippen LogP contribution < -0.4 is 10.2 Å². The van der Waals surface area contributed by atoms with Crippen LogP contribution in [-0.2, 0) is 4.79 Å². The van der Waals surface area contributed by atoms with Crippen LogP contribution in [0.25, 0.3) is 0 Å². The Labute approximate surface area is 84.9 Å². The zero-order chi connectivity index (χ0) is 9.42. The number of hydrogen-bond acceptors (Lipinski definition) is 2. The number of rotatable bonds is 0. The van der Waals surface area contributed by atoms with Gasteiger partial charge in [-0.1, -0.05) is 15.9 Å². The molecule has 2 rings (SSSR count). The predicted molar refractivity (Wildman–Crippen MR) is 56.0 cm³/mol. The average Bonchev–Trinajstić information content (AvgIpc) is 2.12. The van der Waals surface area contributed by atoms with Crippen molar-refractivity contribution in [2.45, 2.75) is 0 Å². The zero-order valence-corrected chi connectivity index (χ0v) is 8.76. The molecule has 0 saturated heterocycles. The molecule has 0 bridgehead atoms. The van der Waals surface area contributed by atoms with Crippen LogP contribution in [0.5, 0.6) is 0 Å². The minimum absolute atomic E-state index is 0.0885.